The molecule has 0 spiro atoms. The first-order valence-electron chi connectivity index (χ1n) is 9.39. The third kappa shape index (κ3) is 3.85. The highest BCUT2D eigenvalue weighted by Gasteiger charge is 2.36. The number of carbonyl (C=O) groups excluding carboxylic acids is 1. The van der Waals surface area contributed by atoms with E-state index in [0.717, 1.165) is 11.9 Å². The zero-order chi connectivity index (χ0) is 21.3. The van der Waals surface area contributed by atoms with Gasteiger partial charge in [0.1, 0.15) is 5.82 Å². The van der Waals surface area contributed by atoms with E-state index in [4.69, 9.17) is 0 Å². The second kappa shape index (κ2) is 7.77. The van der Waals surface area contributed by atoms with Gasteiger partial charge >= 0.3 is 6.18 Å². The lowest BCUT2D eigenvalue weighted by Crippen LogP contribution is -2.49. The molecule has 0 aliphatic carbocycles. The monoisotopic (exact) mass is 416 g/mol. The maximum Gasteiger partial charge on any atom is 0.417 e. The molecule has 0 atom stereocenters. The lowest BCUT2D eigenvalue weighted by Gasteiger charge is -2.35. The molecule has 3 aromatic rings. The average molecular weight is 416 g/mol. The van der Waals surface area contributed by atoms with Crippen LogP contribution in [-0.4, -0.2) is 56.7 Å². The summed E-state index contributed by atoms with van der Waals surface area (Å²) in [6.07, 6.45) is -1.10. The van der Waals surface area contributed by atoms with E-state index < -0.39 is 17.6 Å². The van der Waals surface area contributed by atoms with Crippen molar-refractivity contribution in [2.24, 2.45) is 0 Å². The highest BCUT2D eigenvalue weighted by molar-refractivity contribution is 5.96. The van der Waals surface area contributed by atoms with E-state index in [1.807, 2.05) is 28.5 Å². The third-order valence-electron chi connectivity index (χ3n) is 5.06. The van der Waals surface area contributed by atoms with E-state index >= 15 is 0 Å². The van der Waals surface area contributed by atoms with E-state index in [9.17, 15) is 18.0 Å². The SMILES string of the molecule is Cc1nccn1-c1ccc(N2CCN(C(=O)c3ccccc3C(F)(F)F)CC2)nn1. The molecule has 156 valence electrons. The minimum Gasteiger partial charge on any atom is -0.352 e. The van der Waals surface area contributed by atoms with Gasteiger partial charge in [0.2, 0.25) is 0 Å². The molecule has 7 nitrogen and oxygen atoms in total. The van der Waals surface area contributed by atoms with E-state index in [2.05, 4.69) is 15.2 Å². The Labute approximate surface area is 170 Å². The van der Waals surface area contributed by atoms with Crippen molar-refractivity contribution in [2.45, 2.75) is 13.1 Å². The molecule has 1 fully saturated rings. The number of carbonyl (C=O) groups is 1. The van der Waals surface area contributed by atoms with Gasteiger partial charge in [-0.3, -0.25) is 9.36 Å². The molecule has 0 saturated carbocycles. The van der Waals surface area contributed by atoms with Crippen LogP contribution in [0.2, 0.25) is 0 Å². The molecule has 1 amide bonds. The van der Waals surface area contributed by atoms with Crippen LogP contribution in [0, 0.1) is 6.92 Å². The number of imidazole rings is 1. The fourth-order valence-electron chi connectivity index (χ4n) is 3.46. The number of anilines is 1. The maximum atomic E-state index is 13.2. The Bertz CT molecular complexity index is 1040. The summed E-state index contributed by atoms with van der Waals surface area (Å²) in [5, 5.41) is 8.47. The molecule has 30 heavy (non-hydrogen) atoms. The van der Waals surface area contributed by atoms with Crippen molar-refractivity contribution in [1.82, 2.24) is 24.6 Å². The Morgan fingerprint density at radius 2 is 1.63 bits per heavy atom. The van der Waals surface area contributed by atoms with E-state index in [-0.39, 0.29) is 5.56 Å². The number of halogens is 3. The zero-order valence-corrected chi connectivity index (χ0v) is 16.2. The molecule has 1 saturated heterocycles. The van der Waals surface area contributed by atoms with Crippen LogP contribution in [0.25, 0.3) is 5.82 Å². The Morgan fingerprint density at radius 1 is 0.967 bits per heavy atom. The van der Waals surface area contributed by atoms with Crippen LogP contribution < -0.4 is 4.90 Å². The van der Waals surface area contributed by atoms with Gasteiger partial charge in [0.25, 0.3) is 5.91 Å². The molecule has 10 heteroatoms. The molecule has 0 radical (unpaired) electrons. The number of hydrogen-bond acceptors (Lipinski definition) is 5. The standard InChI is InChI=1S/C20H19F3N6O/c1-14-24-8-9-29(14)18-7-6-17(25-26-18)27-10-12-28(13-11-27)19(30)15-4-2-3-5-16(15)20(21,22)23/h2-9H,10-13H2,1H3. The first kappa shape index (κ1) is 19.9. The normalized spacial score (nSPS) is 14.8. The first-order valence-corrected chi connectivity index (χ1v) is 9.39. The molecule has 0 unspecified atom stereocenters. The first-order chi connectivity index (χ1) is 14.3. The van der Waals surface area contributed by atoms with Crippen molar-refractivity contribution in [3.8, 4) is 5.82 Å². The van der Waals surface area contributed by atoms with E-state index in [0.29, 0.717) is 37.8 Å². The van der Waals surface area contributed by atoms with Gasteiger partial charge in [0.05, 0.1) is 11.1 Å². The molecule has 0 N–H and O–H groups in total. The van der Waals surface area contributed by atoms with Gasteiger partial charge in [-0.05, 0) is 31.2 Å². The van der Waals surface area contributed by atoms with Crippen LogP contribution in [0.15, 0.2) is 48.8 Å². The molecule has 3 heterocycles. The lowest BCUT2D eigenvalue weighted by molar-refractivity contribution is -0.138. The molecule has 2 aromatic heterocycles. The largest absolute Gasteiger partial charge is 0.417 e. The number of benzene rings is 1. The summed E-state index contributed by atoms with van der Waals surface area (Å²) < 4.78 is 41.5. The molecule has 1 aliphatic heterocycles. The summed E-state index contributed by atoms with van der Waals surface area (Å²) in [5.41, 5.74) is -1.23. The van der Waals surface area contributed by atoms with Crippen molar-refractivity contribution in [3.05, 3.63) is 65.7 Å². The molecule has 1 aliphatic rings. The fourth-order valence-corrected chi connectivity index (χ4v) is 3.46. The molecular weight excluding hydrogens is 397 g/mol. The predicted molar refractivity (Wildman–Crippen MR) is 103 cm³/mol. The number of aromatic nitrogens is 4. The quantitative estimate of drug-likeness (QED) is 0.657. The lowest BCUT2D eigenvalue weighted by atomic mass is 10.1. The number of hydrogen-bond donors (Lipinski definition) is 0. The second-order valence-corrected chi connectivity index (χ2v) is 6.92. The highest BCUT2D eigenvalue weighted by Crippen LogP contribution is 2.32. The Morgan fingerprint density at radius 3 is 2.23 bits per heavy atom. The molecule has 4 rings (SSSR count). The summed E-state index contributed by atoms with van der Waals surface area (Å²) in [4.78, 5) is 20.2. The van der Waals surface area contributed by atoms with Crippen LogP contribution in [0.5, 0.6) is 0 Å². The maximum absolute atomic E-state index is 13.2. The van der Waals surface area contributed by atoms with Gasteiger partial charge in [-0.1, -0.05) is 12.1 Å². The smallest absolute Gasteiger partial charge is 0.352 e. The third-order valence-corrected chi connectivity index (χ3v) is 5.06. The number of amides is 1. The van der Waals surface area contributed by atoms with Crippen LogP contribution in [-0.2, 0) is 6.18 Å². The van der Waals surface area contributed by atoms with Crippen LogP contribution in [0.1, 0.15) is 21.7 Å². The number of alkyl halides is 3. The summed E-state index contributed by atoms with van der Waals surface area (Å²) >= 11 is 0. The van der Waals surface area contributed by atoms with Gasteiger partial charge in [0, 0.05) is 38.6 Å². The second-order valence-electron chi connectivity index (χ2n) is 6.92. The molecular formula is C20H19F3N6O. The zero-order valence-electron chi connectivity index (χ0n) is 16.2. The average Bonchev–Trinajstić information content (AvgIpc) is 3.19. The van der Waals surface area contributed by atoms with Crippen molar-refractivity contribution >= 4 is 11.7 Å². The van der Waals surface area contributed by atoms with Crippen LogP contribution in [0.3, 0.4) is 0 Å². The van der Waals surface area contributed by atoms with Gasteiger partial charge < -0.3 is 9.80 Å². The van der Waals surface area contributed by atoms with Gasteiger partial charge in [-0.2, -0.15) is 13.2 Å². The number of aryl methyl sites for hydroxylation is 1. The Hall–Kier alpha value is -3.43. The van der Waals surface area contributed by atoms with Crippen molar-refractivity contribution in [3.63, 3.8) is 0 Å². The summed E-state index contributed by atoms with van der Waals surface area (Å²) in [6.45, 7) is 3.38. The fraction of sp³-hybridized carbons (Fsp3) is 0.300. The molecule has 1 aromatic carbocycles. The Balaban J connectivity index is 1.43. The Kier molecular flexibility index (Phi) is 5.15. The van der Waals surface area contributed by atoms with Gasteiger partial charge in [0.15, 0.2) is 11.6 Å². The van der Waals surface area contributed by atoms with Gasteiger partial charge in [-0.15, -0.1) is 10.2 Å². The van der Waals surface area contributed by atoms with E-state index in [1.54, 1.807) is 12.4 Å². The topological polar surface area (TPSA) is 67.2 Å². The predicted octanol–water partition coefficient (Wildman–Crippen LogP) is 2.95. The minimum atomic E-state index is -4.57. The molecule has 0 bridgehead atoms. The van der Waals surface area contributed by atoms with Crippen molar-refractivity contribution in [1.29, 1.82) is 0 Å². The van der Waals surface area contributed by atoms with Crippen molar-refractivity contribution < 1.29 is 18.0 Å². The van der Waals surface area contributed by atoms with Gasteiger partial charge in [-0.25, -0.2) is 4.98 Å². The summed E-state index contributed by atoms with van der Waals surface area (Å²) in [5.74, 6) is 1.48. The number of nitrogens with zero attached hydrogens (tertiary/aromatic N) is 6. The summed E-state index contributed by atoms with van der Waals surface area (Å²) in [6, 6.07) is 8.54. The highest BCUT2D eigenvalue weighted by atomic mass is 19.4. The van der Waals surface area contributed by atoms with Crippen LogP contribution >= 0.6 is 0 Å². The van der Waals surface area contributed by atoms with E-state index in [1.165, 1.54) is 23.1 Å². The summed E-state index contributed by atoms with van der Waals surface area (Å²) in [7, 11) is 0. The number of piperazine rings is 1. The van der Waals surface area contributed by atoms with Crippen molar-refractivity contribution in [2.75, 3.05) is 31.1 Å². The van der Waals surface area contributed by atoms with Crippen LogP contribution in [0.4, 0.5) is 19.0 Å². The number of rotatable bonds is 3. The minimum absolute atomic E-state index is 0.301.